The van der Waals surface area contributed by atoms with Crippen LogP contribution in [-0.4, -0.2) is 16.1 Å². The summed E-state index contributed by atoms with van der Waals surface area (Å²) >= 11 is 0. The quantitative estimate of drug-likeness (QED) is 0.887. The largest absolute Gasteiger partial charge is 0.489 e. The monoisotopic (exact) mass is 301 g/mol. The Morgan fingerprint density at radius 2 is 2.05 bits per heavy atom. The fourth-order valence-electron chi connectivity index (χ4n) is 2.60. The maximum Gasteiger partial charge on any atom is 0.123 e. The van der Waals surface area contributed by atoms with Crippen LogP contribution < -0.4 is 10.5 Å². The first-order chi connectivity index (χ1) is 10.0. The summed E-state index contributed by atoms with van der Waals surface area (Å²) in [6, 6.07) is 11.7. The third-order valence-corrected chi connectivity index (χ3v) is 5.25. The van der Waals surface area contributed by atoms with Gasteiger partial charge in [-0.1, -0.05) is 17.7 Å². The van der Waals surface area contributed by atoms with Crippen LogP contribution in [0.5, 0.6) is 5.75 Å². The number of benzene rings is 2. The Kier molecular flexibility index (Phi) is 3.72. The Balaban J connectivity index is 1.71. The average Bonchev–Trinajstić information content (AvgIpc) is 2.83. The lowest BCUT2D eigenvalue weighted by Gasteiger charge is -2.11. The highest BCUT2D eigenvalue weighted by Gasteiger charge is 2.25. The van der Waals surface area contributed by atoms with Crippen LogP contribution in [0.4, 0.5) is 5.69 Å². The second-order valence-electron chi connectivity index (χ2n) is 5.59. The van der Waals surface area contributed by atoms with E-state index in [0.717, 1.165) is 28.3 Å². The number of hydrogen-bond acceptors (Lipinski definition) is 3. The molecular formula is C17H19NO2S. The van der Waals surface area contributed by atoms with Gasteiger partial charge in [0, 0.05) is 17.0 Å². The fourth-order valence-corrected chi connectivity index (χ4v) is 3.84. The highest BCUT2D eigenvalue weighted by molar-refractivity contribution is 7.85. The van der Waals surface area contributed by atoms with Crippen molar-refractivity contribution in [1.29, 1.82) is 0 Å². The third kappa shape index (κ3) is 2.95. The molecule has 0 bridgehead atoms. The molecule has 0 radical (unpaired) electrons. The Bertz CT molecular complexity index is 712. The number of aryl methyl sites for hydroxylation is 2. The SMILES string of the molecule is Cc1ccc2c(c1)CC(CS(=O)c1ccc(N)c(C)c1)O2. The molecule has 1 aliphatic heterocycles. The van der Waals surface area contributed by atoms with Gasteiger partial charge in [-0.2, -0.15) is 0 Å². The predicted molar refractivity (Wildman–Crippen MR) is 86.2 cm³/mol. The molecule has 3 nitrogen and oxygen atoms in total. The molecule has 0 amide bonds. The summed E-state index contributed by atoms with van der Waals surface area (Å²) in [6.07, 6.45) is 0.817. The molecule has 0 saturated carbocycles. The number of nitrogens with two attached hydrogens (primary N) is 1. The average molecular weight is 301 g/mol. The minimum Gasteiger partial charge on any atom is -0.489 e. The van der Waals surface area contributed by atoms with E-state index < -0.39 is 10.8 Å². The van der Waals surface area contributed by atoms with E-state index in [9.17, 15) is 4.21 Å². The second kappa shape index (κ2) is 5.53. The van der Waals surface area contributed by atoms with Crippen molar-refractivity contribution in [3.63, 3.8) is 0 Å². The topological polar surface area (TPSA) is 52.3 Å². The lowest BCUT2D eigenvalue weighted by molar-refractivity contribution is 0.258. The van der Waals surface area contributed by atoms with Crippen molar-refractivity contribution in [3.8, 4) is 5.75 Å². The predicted octanol–water partition coefficient (Wildman–Crippen LogP) is 3.00. The summed E-state index contributed by atoms with van der Waals surface area (Å²) in [7, 11) is -1.07. The minimum absolute atomic E-state index is 0.0134. The van der Waals surface area contributed by atoms with Gasteiger partial charge >= 0.3 is 0 Å². The van der Waals surface area contributed by atoms with Gasteiger partial charge in [0.1, 0.15) is 11.9 Å². The molecule has 0 spiro atoms. The number of ether oxygens (including phenoxy) is 1. The van der Waals surface area contributed by atoms with Crippen LogP contribution in [0.25, 0.3) is 0 Å². The molecule has 0 saturated heterocycles. The fraction of sp³-hybridized carbons (Fsp3) is 0.294. The van der Waals surface area contributed by atoms with Crippen molar-refractivity contribution in [2.24, 2.45) is 0 Å². The van der Waals surface area contributed by atoms with Crippen molar-refractivity contribution >= 4 is 16.5 Å². The van der Waals surface area contributed by atoms with E-state index >= 15 is 0 Å². The molecule has 110 valence electrons. The van der Waals surface area contributed by atoms with Crippen LogP contribution in [0, 0.1) is 13.8 Å². The molecule has 0 fully saturated rings. The standard InChI is InChI=1S/C17H19NO2S/c1-11-3-6-17-13(7-11)9-14(20-17)10-21(19)15-4-5-16(18)12(2)8-15/h3-8,14H,9-10,18H2,1-2H3. The van der Waals surface area contributed by atoms with Crippen molar-refractivity contribution in [3.05, 3.63) is 53.1 Å². The van der Waals surface area contributed by atoms with E-state index in [0.29, 0.717) is 5.75 Å². The van der Waals surface area contributed by atoms with Crippen molar-refractivity contribution in [1.82, 2.24) is 0 Å². The Labute approximate surface area is 127 Å². The number of rotatable bonds is 3. The highest BCUT2D eigenvalue weighted by Crippen LogP contribution is 2.30. The molecule has 1 aliphatic rings. The van der Waals surface area contributed by atoms with E-state index in [-0.39, 0.29) is 6.10 Å². The first-order valence-electron chi connectivity index (χ1n) is 7.03. The van der Waals surface area contributed by atoms with Crippen molar-refractivity contribution in [2.75, 3.05) is 11.5 Å². The van der Waals surface area contributed by atoms with Crippen molar-refractivity contribution < 1.29 is 8.95 Å². The van der Waals surface area contributed by atoms with Crippen LogP contribution in [0.3, 0.4) is 0 Å². The Morgan fingerprint density at radius 1 is 1.24 bits per heavy atom. The van der Waals surface area contributed by atoms with Gasteiger partial charge in [-0.25, -0.2) is 0 Å². The van der Waals surface area contributed by atoms with Gasteiger partial charge in [0.15, 0.2) is 0 Å². The molecule has 21 heavy (non-hydrogen) atoms. The molecule has 4 heteroatoms. The van der Waals surface area contributed by atoms with Crippen LogP contribution in [-0.2, 0) is 17.2 Å². The van der Waals surface area contributed by atoms with Gasteiger partial charge in [0.25, 0.3) is 0 Å². The van der Waals surface area contributed by atoms with Gasteiger partial charge < -0.3 is 10.5 Å². The molecule has 2 aromatic rings. The van der Waals surface area contributed by atoms with E-state index in [1.165, 1.54) is 11.1 Å². The normalized spacial score (nSPS) is 18.1. The lowest BCUT2D eigenvalue weighted by atomic mass is 10.1. The summed E-state index contributed by atoms with van der Waals surface area (Å²) in [5.74, 6) is 1.44. The molecule has 2 unspecified atom stereocenters. The van der Waals surface area contributed by atoms with Crippen LogP contribution in [0.1, 0.15) is 16.7 Å². The Hall–Kier alpha value is -1.81. The summed E-state index contributed by atoms with van der Waals surface area (Å²) in [4.78, 5) is 0.817. The molecule has 2 N–H and O–H groups in total. The molecule has 3 rings (SSSR count). The molecule has 1 heterocycles. The summed E-state index contributed by atoms with van der Waals surface area (Å²) in [5, 5.41) is 0. The van der Waals surface area contributed by atoms with Gasteiger partial charge in [0.05, 0.1) is 16.6 Å². The summed E-state index contributed by atoms with van der Waals surface area (Å²) < 4.78 is 18.4. The highest BCUT2D eigenvalue weighted by atomic mass is 32.2. The van der Waals surface area contributed by atoms with Gasteiger partial charge in [0.2, 0.25) is 0 Å². The van der Waals surface area contributed by atoms with E-state index in [4.69, 9.17) is 10.5 Å². The maximum atomic E-state index is 12.5. The number of nitrogen functional groups attached to an aromatic ring is 1. The first-order valence-corrected chi connectivity index (χ1v) is 8.35. The second-order valence-corrected chi connectivity index (χ2v) is 7.08. The third-order valence-electron chi connectivity index (χ3n) is 3.80. The molecule has 0 aliphatic carbocycles. The van der Waals surface area contributed by atoms with Gasteiger partial charge in [-0.3, -0.25) is 4.21 Å². The first kappa shape index (κ1) is 14.1. The number of anilines is 1. The smallest absolute Gasteiger partial charge is 0.123 e. The van der Waals surface area contributed by atoms with Crippen LogP contribution >= 0.6 is 0 Å². The van der Waals surface area contributed by atoms with Gasteiger partial charge in [-0.05, 0) is 49.2 Å². The van der Waals surface area contributed by atoms with Crippen LogP contribution in [0.2, 0.25) is 0 Å². The van der Waals surface area contributed by atoms with E-state index in [1.807, 2.05) is 37.3 Å². The molecule has 0 aromatic heterocycles. The summed E-state index contributed by atoms with van der Waals surface area (Å²) in [5.41, 5.74) is 9.94. The zero-order chi connectivity index (χ0) is 15.0. The zero-order valence-electron chi connectivity index (χ0n) is 12.3. The lowest BCUT2D eigenvalue weighted by Crippen LogP contribution is -2.21. The Morgan fingerprint density at radius 3 is 2.81 bits per heavy atom. The van der Waals surface area contributed by atoms with Crippen molar-refractivity contribution in [2.45, 2.75) is 31.3 Å². The van der Waals surface area contributed by atoms with Crippen LogP contribution in [0.15, 0.2) is 41.3 Å². The molecule has 2 aromatic carbocycles. The van der Waals surface area contributed by atoms with Gasteiger partial charge in [-0.15, -0.1) is 0 Å². The number of fused-ring (bicyclic) bond motifs is 1. The van der Waals surface area contributed by atoms with E-state index in [2.05, 4.69) is 13.0 Å². The minimum atomic E-state index is -1.07. The molecular weight excluding hydrogens is 282 g/mol. The summed E-state index contributed by atoms with van der Waals surface area (Å²) in [6.45, 7) is 4.00. The zero-order valence-corrected chi connectivity index (χ0v) is 13.1. The number of hydrogen-bond donors (Lipinski definition) is 1. The van der Waals surface area contributed by atoms with E-state index in [1.54, 1.807) is 0 Å². The maximum absolute atomic E-state index is 12.5. The molecule has 2 atom stereocenters.